The van der Waals surface area contributed by atoms with Crippen molar-refractivity contribution in [3.8, 4) is 0 Å². The summed E-state index contributed by atoms with van der Waals surface area (Å²) in [6.45, 7) is 6.27. The highest BCUT2D eigenvalue weighted by atomic mass is 16.5. The van der Waals surface area contributed by atoms with E-state index >= 15 is 0 Å². The van der Waals surface area contributed by atoms with Gasteiger partial charge in [-0.2, -0.15) is 0 Å². The van der Waals surface area contributed by atoms with Crippen LogP contribution in [0, 0.1) is 13.8 Å². The Labute approximate surface area is 108 Å². The van der Waals surface area contributed by atoms with Crippen LogP contribution in [0.2, 0.25) is 0 Å². The third-order valence-electron chi connectivity index (χ3n) is 2.71. The Balaban J connectivity index is 2.75. The summed E-state index contributed by atoms with van der Waals surface area (Å²) in [5.41, 5.74) is 3.27. The van der Waals surface area contributed by atoms with Crippen LogP contribution in [0.3, 0.4) is 0 Å². The maximum Gasteiger partial charge on any atom is 0.397 e. The van der Waals surface area contributed by atoms with Gasteiger partial charge in [0.1, 0.15) is 0 Å². The molecule has 0 unspecified atom stereocenters. The third-order valence-corrected chi connectivity index (χ3v) is 2.71. The van der Waals surface area contributed by atoms with Gasteiger partial charge in [-0.1, -0.05) is 23.8 Å². The summed E-state index contributed by atoms with van der Waals surface area (Å²) in [4.78, 5) is 24.4. The van der Waals surface area contributed by atoms with Crippen molar-refractivity contribution in [2.45, 2.75) is 27.3 Å². The molecule has 0 heterocycles. The zero-order valence-corrected chi connectivity index (χ0v) is 11.3. The molecule has 0 spiro atoms. The van der Waals surface area contributed by atoms with Gasteiger partial charge in [0.25, 0.3) is 0 Å². The number of carbonyl (C=O) groups is 2. The molecular formula is C14H19NO3. The van der Waals surface area contributed by atoms with Crippen LogP contribution in [0.1, 0.15) is 23.6 Å². The molecule has 4 nitrogen and oxygen atoms in total. The second-order valence-electron chi connectivity index (χ2n) is 4.31. The summed E-state index contributed by atoms with van der Waals surface area (Å²) < 4.78 is 4.69. The van der Waals surface area contributed by atoms with Crippen LogP contribution in [0.25, 0.3) is 0 Å². The second kappa shape index (κ2) is 6.19. The molecule has 0 atom stereocenters. The number of aryl methyl sites for hydroxylation is 2. The molecular weight excluding hydrogens is 230 g/mol. The fourth-order valence-corrected chi connectivity index (χ4v) is 1.65. The molecule has 0 saturated heterocycles. The third kappa shape index (κ3) is 3.58. The number of esters is 1. The Hall–Kier alpha value is -1.84. The molecule has 98 valence electrons. The molecule has 0 bridgehead atoms. The minimum Gasteiger partial charge on any atom is -0.459 e. The molecule has 0 aromatic heterocycles. The normalized spacial score (nSPS) is 10.0. The lowest BCUT2D eigenvalue weighted by Crippen LogP contribution is -2.34. The van der Waals surface area contributed by atoms with E-state index in [0.29, 0.717) is 6.54 Å². The van der Waals surface area contributed by atoms with Gasteiger partial charge in [-0.25, -0.2) is 4.79 Å². The first-order chi connectivity index (χ1) is 8.45. The van der Waals surface area contributed by atoms with Gasteiger partial charge in [0, 0.05) is 13.6 Å². The van der Waals surface area contributed by atoms with E-state index in [0.717, 1.165) is 16.7 Å². The van der Waals surface area contributed by atoms with Crippen LogP contribution in [0.4, 0.5) is 0 Å². The predicted octanol–water partition coefficient (Wildman–Crippen LogP) is 1.82. The van der Waals surface area contributed by atoms with Gasteiger partial charge in [0.05, 0.1) is 6.61 Å². The van der Waals surface area contributed by atoms with Crippen molar-refractivity contribution < 1.29 is 14.3 Å². The zero-order valence-electron chi connectivity index (χ0n) is 11.3. The Bertz CT molecular complexity index is 454. The summed E-state index contributed by atoms with van der Waals surface area (Å²) in [6, 6.07) is 6.05. The van der Waals surface area contributed by atoms with Gasteiger partial charge >= 0.3 is 11.9 Å². The summed E-state index contributed by atoms with van der Waals surface area (Å²) in [5, 5.41) is 0. The van der Waals surface area contributed by atoms with E-state index in [1.807, 2.05) is 32.0 Å². The van der Waals surface area contributed by atoms with Gasteiger partial charge in [-0.05, 0) is 31.9 Å². The molecule has 0 aliphatic heterocycles. The first-order valence-electron chi connectivity index (χ1n) is 5.94. The van der Waals surface area contributed by atoms with Gasteiger partial charge in [-0.15, -0.1) is 0 Å². The van der Waals surface area contributed by atoms with E-state index in [4.69, 9.17) is 0 Å². The Kier molecular flexibility index (Phi) is 4.89. The summed E-state index contributed by atoms with van der Waals surface area (Å²) >= 11 is 0. The molecule has 18 heavy (non-hydrogen) atoms. The topological polar surface area (TPSA) is 46.6 Å². The Morgan fingerprint density at radius 3 is 2.56 bits per heavy atom. The largest absolute Gasteiger partial charge is 0.459 e. The van der Waals surface area contributed by atoms with E-state index < -0.39 is 11.9 Å². The number of likely N-dealkylation sites (N-methyl/N-ethyl adjacent to an activating group) is 1. The molecule has 0 radical (unpaired) electrons. The molecule has 0 aliphatic rings. The van der Waals surface area contributed by atoms with E-state index in [2.05, 4.69) is 4.74 Å². The maximum absolute atomic E-state index is 11.7. The van der Waals surface area contributed by atoms with Crippen molar-refractivity contribution in [2.24, 2.45) is 0 Å². The van der Waals surface area contributed by atoms with E-state index in [1.165, 1.54) is 4.90 Å². The number of rotatable bonds is 3. The Morgan fingerprint density at radius 2 is 1.94 bits per heavy atom. The summed E-state index contributed by atoms with van der Waals surface area (Å²) in [5.74, 6) is -1.41. The van der Waals surface area contributed by atoms with Crippen LogP contribution in [-0.2, 0) is 20.9 Å². The van der Waals surface area contributed by atoms with Crippen molar-refractivity contribution in [1.29, 1.82) is 0 Å². The maximum atomic E-state index is 11.7. The predicted molar refractivity (Wildman–Crippen MR) is 69.0 cm³/mol. The number of hydrogen-bond acceptors (Lipinski definition) is 3. The molecule has 0 fully saturated rings. The average molecular weight is 249 g/mol. The lowest BCUT2D eigenvalue weighted by Gasteiger charge is -2.17. The van der Waals surface area contributed by atoms with Crippen molar-refractivity contribution >= 4 is 11.9 Å². The average Bonchev–Trinajstić information content (AvgIpc) is 2.33. The highest BCUT2D eigenvalue weighted by molar-refractivity contribution is 6.32. The van der Waals surface area contributed by atoms with Gasteiger partial charge in [0.2, 0.25) is 0 Å². The molecule has 0 aliphatic carbocycles. The number of amides is 1. The molecule has 1 amide bonds. The van der Waals surface area contributed by atoms with Crippen molar-refractivity contribution in [1.82, 2.24) is 4.90 Å². The number of benzene rings is 1. The molecule has 4 heteroatoms. The highest BCUT2D eigenvalue weighted by Gasteiger charge is 2.20. The van der Waals surface area contributed by atoms with Crippen LogP contribution in [-0.4, -0.2) is 30.4 Å². The van der Waals surface area contributed by atoms with Crippen LogP contribution in [0.15, 0.2) is 18.2 Å². The van der Waals surface area contributed by atoms with Crippen LogP contribution < -0.4 is 0 Å². The lowest BCUT2D eigenvalue weighted by molar-refractivity contribution is -0.159. The number of ether oxygens (including phenoxy) is 1. The van der Waals surface area contributed by atoms with Crippen LogP contribution >= 0.6 is 0 Å². The second-order valence-corrected chi connectivity index (χ2v) is 4.31. The molecule has 0 N–H and O–H groups in total. The molecule has 1 aromatic carbocycles. The fourth-order valence-electron chi connectivity index (χ4n) is 1.65. The van der Waals surface area contributed by atoms with Crippen LogP contribution in [0.5, 0.6) is 0 Å². The number of hydrogen-bond donors (Lipinski definition) is 0. The van der Waals surface area contributed by atoms with E-state index in [-0.39, 0.29) is 6.61 Å². The first-order valence-corrected chi connectivity index (χ1v) is 5.94. The van der Waals surface area contributed by atoms with Gasteiger partial charge in [0.15, 0.2) is 0 Å². The molecule has 1 aromatic rings. The quantitative estimate of drug-likeness (QED) is 0.606. The molecule has 0 saturated carbocycles. The monoisotopic (exact) mass is 249 g/mol. The smallest absolute Gasteiger partial charge is 0.397 e. The number of carbonyl (C=O) groups excluding carboxylic acids is 2. The standard InChI is InChI=1S/C14H19NO3/c1-5-18-14(17)13(16)15(4)9-12-8-10(2)6-7-11(12)3/h6-8H,5,9H2,1-4H3. The molecule has 1 rings (SSSR count). The minimum absolute atomic E-state index is 0.210. The van der Waals surface area contributed by atoms with Gasteiger partial charge in [-0.3, -0.25) is 4.79 Å². The fraction of sp³-hybridized carbons (Fsp3) is 0.429. The van der Waals surface area contributed by atoms with Gasteiger partial charge < -0.3 is 9.64 Å². The van der Waals surface area contributed by atoms with Crippen molar-refractivity contribution in [3.63, 3.8) is 0 Å². The summed E-state index contributed by atoms with van der Waals surface area (Å²) in [6.07, 6.45) is 0. The first kappa shape index (κ1) is 14.2. The Morgan fingerprint density at radius 1 is 1.28 bits per heavy atom. The zero-order chi connectivity index (χ0) is 13.7. The lowest BCUT2D eigenvalue weighted by atomic mass is 10.1. The minimum atomic E-state index is -0.801. The van der Waals surface area contributed by atoms with Crippen molar-refractivity contribution in [2.75, 3.05) is 13.7 Å². The highest BCUT2D eigenvalue weighted by Crippen LogP contribution is 2.12. The summed E-state index contributed by atoms with van der Waals surface area (Å²) in [7, 11) is 1.60. The number of nitrogens with zero attached hydrogens (tertiary/aromatic N) is 1. The van der Waals surface area contributed by atoms with Crippen molar-refractivity contribution in [3.05, 3.63) is 34.9 Å². The SMILES string of the molecule is CCOC(=O)C(=O)N(C)Cc1cc(C)ccc1C. The van der Waals surface area contributed by atoms with E-state index in [9.17, 15) is 9.59 Å². The van der Waals surface area contributed by atoms with E-state index in [1.54, 1.807) is 14.0 Å².